The lowest BCUT2D eigenvalue weighted by molar-refractivity contribution is -0.140. The molecule has 112 valence electrons. The van der Waals surface area contributed by atoms with Gasteiger partial charge in [-0.2, -0.15) is 13.2 Å². The predicted octanol–water partition coefficient (Wildman–Crippen LogP) is 5.61. The number of benzene rings is 2. The summed E-state index contributed by atoms with van der Waals surface area (Å²) in [5, 5.41) is 0. The van der Waals surface area contributed by atoms with Crippen LogP contribution in [0, 0.1) is 17.5 Å². The molecule has 1 unspecified atom stereocenters. The van der Waals surface area contributed by atoms with Crippen molar-refractivity contribution in [1.29, 1.82) is 0 Å². The maximum Gasteiger partial charge on any atom is 0.419 e. The second-order valence-corrected chi connectivity index (χ2v) is 5.15. The molecule has 2 aromatic carbocycles. The number of hydrogen-bond donors (Lipinski definition) is 0. The molecule has 0 spiro atoms. The van der Waals surface area contributed by atoms with Gasteiger partial charge in [0.15, 0.2) is 0 Å². The molecule has 0 saturated carbocycles. The summed E-state index contributed by atoms with van der Waals surface area (Å²) in [5.74, 6) is -3.14. The maximum atomic E-state index is 14.0. The van der Waals surface area contributed by atoms with E-state index in [1.807, 2.05) is 0 Å². The highest BCUT2D eigenvalue weighted by Gasteiger charge is 2.35. The zero-order chi connectivity index (χ0) is 15.8. The average molecular weight is 369 g/mol. The molecule has 0 aliphatic heterocycles. The molecule has 21 heavy (non-hydrogen) atoms. The highest BCUT2D eigenvalue weighted by atomic mass is 79.9. The van der Waals surface area contributed by atoms with Crippen molar-refractivity contribution in [3.8, 4) is 0 Å². The first-order chi connectivity index (χ1) is 9.71. The Hall–Kier alpha value is -1.50. The molecule has 0 N–H and O–H groups in total. The van der Waals surface area contributed by atoms with Crippen molar-refractivity contribution >= 4 is 15.9 Å². The minimum Gasteiger partial charge on any atom is -0.207 e. The Morgan fingerprint density at radius 2 is 1.57 bits per heavy atom. The minimum atomic E-state index is -4.87. The van der Waals surface area contributed by atoms with Gasteiger partial charge in [-0.3, -0.25) is 0 Å². The van der Waals surface area contributed by atoms with E-state index in [-0.39, 0.29) is 5.56 Å². The summed E-state index contributed by atoms with van der Waals surface area (Å²) >= 11 is 2.92. The maximum absolute atomic E-state index is 14.0. The second-order valence-electron chi connectivity index (χ2n) is 4.23. The molecule has 7 heteroatoms. The number of alkyl halides is 4. The largest absolute Gasteiger partial charge is 0.419 e. The minimum absolute atomic E-state index is 0.284. The van der Waals surface area contributed by atoms with Crippen LogP contribution in [0.25, 0.3) is 0 Å². The third kappa shape index (κ3) is 3.23. The van der Waals surface area contributed by atoms with E-state index in [1.54, 1.807) is 0 Å². The number of hydrogen-bond acceptors (Lipinski definition) is 0. The standard InChI is InChI=1S/C14H7BrF6/c15-12(9-6-7(16)4-5-11(9)17)8-2-1-3-10(13(8)18)14(19,20)21/h1-6,12H. The summed E-state index contributed by atoms with van der Waals surface area (Å²) in [4.78, 5) is -1.24. The van der Waals surface area contributed by atoms with Crippen molar-refractivity contribution in [3.63, 3.8) is 0 Å². The summed E-state index contributed by atoms with van der Waals surface area (Å²) in [6.45, 7) is 0. The van der Waals surface area contributed by atoms with Crippen LogP contribution in [0.5, 0.6) is 0 Å². The van der Waals surface area contributed by atoms with E-state index in [0.717, 1.165) is 30.3 Å². The number of rotatable bonds is 2. The number of halogens is 7. The Kier molecular flexibility index (Phi) is 4.32. The van der Waals surface area contributed by atoms with Gasteiger partial charge >= 0.3 is 6.18 Å². The molecule has 0 heterocycles. The van der Waals surface area contributed by atoms with Crippen molar-refractivity contribution in [2.75, 3.05) is 0 Å². The average Bonchev–Trinajstić information content (AvgIpc) is 2.39. The van der Waals surface area contributed by atoms with Gasteiger partial charge in [-0.15, -0.1) is 0 Å². The van der Waals surface area contributed by atoms with Gasteiger partial charge in [0.05, 0.1) is 10.4 Å². The van der Waals surface area contributed by atoms with Crippen LogP contribution in [0.1, 0.15) is 21.5 Å². The van der Waals surface area contributed by atoms with E-state index in [1.165, 1.54) is 0 Å². The van der Waals surface area contributed by atoms with Gasteiger partial charge < -0.3 is 0 Å². The third-order valence-electron chi connectivity index (χ3n) is 2.84. The molecule has 0 saturated heterocycles. The van der Waals surface area contributed by atoms with Gasteiger partial charge in [0.25, 0.3) is 0 Å². The van der Waals surface area contributed by atoms with E-state index < -0.39 is 39.6 Å². The summed E-state index contributed by atoms with van der Waals surface area (Å²) in [6, 6.07) is 5.15. The molecule has 2 rings (SSSR count). The first-order valence-corrected chi connectivity index (χ1v) is 6.58. The quantitative estimate of drug-likeness (QED) is 0.477. The molecule has 0 aliphatic carbocycles. The molecular weight excluding hydrogens is 362 g/mol. The Labute approximate surface area is 124 Å². The van der Waals surface area contributed by atoms with E-state index in [0.29, 0.717) is 6.07 Å². The molecule has 1 atom stereocenters. The van der Waals surface area contributed by atoms with Crippen molar-refractivity contribution in [2.45, 2.75) is 11.0 Å². The van der Waals surface area contributed by atoms with Gasteiger partial charge in [0.2, 0.25) is 0 Å². The summed E-state index contributed by atoms with van der Waals surface area (Å²) < 4.78 is 78.7. The molecule has 0 aliphatic rings. The van der Waals surface area contributed by atoms with Gasteiger partial charge in [0.1, 0.15) is 17.5 Å². The van der Waals surface area contributed by atoms with Gasteiger partial charge in [-0.25, -0.2) is 13.2 Å². The van der Waals surface area contributed by atoms with Crippen molar-refractivity contribution in [2.24, 2.45) is 0 Å². The Bertz CT molecular complexity index is 665. The first-order valence-electron chi connectivity index (χ1n) is 5.66. The van der Waals surface area contributed by atoms with Crippen molar-refractivity contribution < 1.29 is 26.3 Å². The van der Waals surface area contributed by atoms with Gasteiger partial charge in [-0.05, 0) is 24.3 Å². The molecule has 0 fully saturated rings. The van der Waals surface area contributed by atoms with E-state index >= 15 is 0 Å². The van der Waals surface area contributed by atoms with Gasteiger partial charge in [0, 0.05) is 11.1 Å². The molecule has 2 aromatic rings. The topological polar surface area (TPSA) is 0 Å². The fourth-order valence-electron chi connectivity index (χ4n) is 1.84. The van der Waals surface area contributed by atoms with Crippen LogP contribution in [0.2, 0.25) is 0 Å². The molecular formula is C14H7BrF6. The molecule has 0 aromatic heterocycles. The van der Waals surface area contributed by atoms with Crippen LogP contribution < -0.4 is 0 Å². The smallest absolute Gasteiger partial charge is 0.207 e. The zero-order valence-corrected chi connectivity index (χ0v) is 11.8. The van der Waals surface area contributed by atoms with Crippen LogP contribution in [-0.2, 0) is 6.18 Å². The lowest BCUT2D eigenvalue weighted by Gasteiger charge is -2.16. The fourth-order valence-corrected chi connectivity index (χ4v) is 2.55. The van der Waals surface area contributed by atoms with E-state index in [4.69, 9.17) is 0 Å². The van der Waals surface area contributed by atoms with Crippen LogP contribution >= 0.6 is 15.9 Å². The Balaban J connectivity index is 2.54. The lowest BCUT2D eigenvalue weighted by atomic mass is 10.0. The van der Waals surface area contributed by atoms with Crippen LogP contribution in [0.15, 0.2) is 36.4 Å². The molecule has 0 amide bonds. The van der Waals surface area contributed by atoms with E-state index in [2.05, 4.69) is 15.9 Å². The van der Waals surface area contributed by atoms with Gasteiger partial charge in [-0.1, -0.05) is 28.1 Å². The highest BCUT2D eigenvalue weighted by molar-refractivity contribution is 9.09. The molecule has 0 bridgehead atoms. The van der Waals surface area contributed by atoms with Crippen molar-refractivity contribution in [3.05, 3.63) is 70.5 Å². The summed E-state index contributed by atoms with van der Waals surface area (Å²) in [5.41, 5.74) is -2.16. The summed E-state index contributed by atoms with van der Waals surface area (Å²) in [6.07, 6.45) is -4.87. The van der Waals surface area contributed by atoms with Crippen LogP contribution in [0.3, 0.4) is 0 Å². The van der Waals surface area contributed by atoms with E-state index in [9.17, 15) is 26.3 Å². The SMILES string of the molecule is Fc1ccc(F)c(C(Br)c2cccc(C(F)(F)F)c2F)c1. The molecule has 0 nitrogen and oxygen atoms in total. The second kappa shape index (κ2) is 5.71. The van der Waals surface area contributed by atoms with Crippen LogP contribution in [-0.4, -0.2) is 0 Å². The monoisotopic (exact) mass is 368 g/mol. The van der Waals surface area contributed by atoms with Crippen LogP contribution in [0.4, 0.5) is 26.3 Å². The zero-order valence-electron chi connectivity index (χ0n) is 10.2. The Morgan fingerprint density at radius 3 is 2.19 bits per heavy atom. The lowest BCUT2D eigenvalue weighted by Crippen LogP contribution is -2.11. The predicted molar refractivity (Wildman–Crippen MR) is 68.5 cm³/mol. The van der Waals surface area contributed by atoms with Crippen molar-refractivity contribution in [1.82, 2.24) is 0 Å². The summed E-state index contributed by atoms with van der Waals surface area (Å²) in [7, 11) is 0. The molecule has 0 radical (unpaired) electrons. The normalized spacial score (nSPS) is 13.3. The fraction of sp³-hybridized carbons (Fsp3) is 0.143. The Morgan fingerprint density at radius 1 is 0.905 bits per heavy atom. The first kappa shape index (κ1) is 15.9. The highest BCUT2D eigenvalue weighted by Crippen LogP contribution is 2.39. The third-order valence-corrected chi connectivity index (χ3v) is 3.82.